The van der Waals surface area contributed by atoms with Gasteiger partial charge >= 0.3 is 5.97 Å². The van der Waals surface area contributed by atoms with E-state index in [0.29, 0.717) is 21.9 Å². The number of aromatic hydroxyl groups is 1. The topological polar surface area (TPSA) is 113 Å². The van der Waals surface area contributed by atoms with Crippen molar-refractivity contribution in [3.63, 3.8) is 0 Å². The minimum Gasteiger partial charge on any atom is -0.506 e. The molecular weight excluding hydrogens is 434 g/mol. The highest BCUT2D eigenvalue weighted by atomic mass is 35.5. The zero-order valence-corrected chi connectivity index (χ0v) is 18.0. The molecule has 0 aliphatic carbocycles. The van der Waals surface area contributed by atoms with Crippen molar-refractivity contribution < 1.29 is 29.3 Å². The highest BCUT2D eigenvalue weighted by Crippen LogP contribution is 2.27. The van der Waals surface area contributed by atoms with Gasteiger partial charge in [-0.3, -0.25) is 9.59 Å². The van der Waals surface area contributed by atoms with Crippen molar-refractivity contribution in [2.45, 2.75) is 19.4 Å². The van der Waals surface area contributed by atoms with E-state index in [2.05, 4.69) is 5.32 Å². The Morgan fingerprint density at radius 3 is 1.97 bits per heavy atom. The van der Waals surface area contributed by atoms with Crippen LogP contribution in [-0.2, 0) is 4.79 Å². The molecule has 0 aromatic heterocycles. The fraction of sp³-hybridized carbons (Fsp3) is 0.125. The van der Waals surface area contributed by atoms with E-state index in [1.807, 2.05) is 0 Å². The number of carboxylic acid groups (broad SMARTS) is 1. The summed E-state index contributed by atoms with van der Waals surface area (Å²) in [6, 6.07) is 16.4. The maximum atomic E-state index is 12.7. The molecule has 0 saturated heterocycles. The number of phenolic OH excluding ortho intramolecular Hbond substituents is 1. The molecule has 8 heteroatoms. The van der Waals surface area contributed by atoms with Crippen LogP contribution in [0.2, 0.25) is 5.02 Å². The summed E-state index contributed by atoms with van der Waals surface area (Å²) >= 11 is 5.85. The Kier molecular flexibility index (Phi) is 6.50. The molecule has 7 nitrogen and oxygen atoms in total. The third-order valence-electron chi connectivity index (χ3n) is 4.63. The second-order valence-corrected chi connectivity index (χ2v) is 7.90. The number of carbonyl (C=O) groups is 3. The van der Waals surface area contributed by atoms with Crippen LogP contribution in [0.3, 0.4) is 0 Å². The summed E-state index contributed by atoms with van der Waals surface area (Å²) in [5, 5.41) is 22.0. The number of ketones is 1. The molecule has 0 aliphatic heterocycles. The Labute approximate surface area is 189 Å². The fourth-order valence-electron chi connectivity index (χ4n) is 2.83. The number of phenols is 1. The third-order valence-corrected chi connectivity index (χ3v) is 4.89. The van der Waals surface area contributed by atoms with E-state index in [9.17, 15) is 19.5 Å². The Morgan fingerprint density at radius 2 is 1.41 bits per heavy atom. The molecule has 1 amide bonds. The summed E-state index contributed by atoms with van der Waals surface area (Å²) in [6.07, 6.45) is 0. The van der Waals surface area contributed by atoms with E-state index in [0.717, 1.165) is 6.07 Å². The highest BCUT2D eigenvalue weighted by Gasteiger charge is 2.31. The summed E-state index contributed by atoms with van der Waals surface area (Å²) < 4.78 is 5.77. The average molecular weight is 454 g/mol. The largest absolute Gasteiger partial charge is 0.506 e. The van der Waals surface area contributed by atoms with E-state index >= 15 is 0 Å². The summed E-state index contributed by atoms with van der Waals surface area (Å²) in [4.78, 5) is 36.4. The lowest BCUT2D eigenvalue weighted by Gasteiger charge is -2.25. The molecule has 0 unspecified atom stereocenters. The lowest BCUT2D eigenvalue weighted by Crippen LogP contribution is -2.42. The zero-order valence-electron chi connectivity index (χ0n) is 17.3. The third kappa shape index (κ3) is 5.25. The molecule has 0 aliphatic rings. The van der Waals surface area contributed by atoms with E-state index in [4.69, 9.17) is 21.4 Å². The van der Waals surface area contributed by atoms with Crippen LogP contribution in [0.1, 0.15) is 40.1 Å². The SMILES string of the molecule is CC(C)(Oc1ccc(C(=O)c2ccc(Cl)cc2)cc1)C(=O)Nc1cc(C(=O)O)ccc1O. The lowest BCUT2D eigenvalue weighted by molar-refractivity contribution is -0.128. The van der Waals surface area contributed by atoms with Crippen molar-refractivity contribution in [2.75, 3.05) is 5.32 Å². The van der Waals surface area contributed by atoms with Crippen LogP contribution in [0.25, 0.3) is 0 Å². The number of ether oxygens (including phenoxy) is 1. The van der Waals surface area contributed by atoms with E-state index in [1.165, 1.54) is 26.0 Å². The Bertz CT molecular complexity index is 1170. The first-order chi connectivity index (χ1) is 15.1. The second-order valence-electron chi connectivity index (χ2n) is 7.46. The van der Waals surface area contributed by atoms with Gasteiger partial charge in [0.1, 0.15) is 11.5 Å². The number of carbonyl (C=O) groups excluding carboxylic acids is 2. The number of hydrogen-bond acceptors (Lipinski definition) is 5. The molecule has 0 heterocycles. The molecule has 32 heavy (non-hydrogen) atoms. The molecule has 0 spiro atoms. The molecule has 0 radical (unpaired) electrons. The number of hydrogen-bond donors (Lipinski definition) is 3. The molecule has 3 aromatic carbocycles. The molecule has 0 bridgehead atoms. The maximum absolute atomic E-state index is 12.7. The molecule has 164 valence electrons. The smallest absolute Gasteiger partial charge is 0.335 e. The van der Waals surface area contributed by atoms with Gasteiger partial charge in [-0.1, -0.05) is 11.6 Å². The predicted octanol–water partition coefficient (Wildman–Crippen LogP) is 4.77. The van der Waals surface area contributed by atoms with E-state index in [1.54, 1.807) is 48.5 Å². The number of aromatic carboxylic acids is 1. The molecular formula is C24H20ClNO6. The molecule has 3 rings (SSSR count). The quantitative estimate of drug-likeness (QED) is 0.351. The number of nitrogens with one attached hydrogen (secondary N) is 1. The summed E-state index contributed by atoms with van der Waals surface area (Å²) in [7, 11) is 0. The van der Waals surface area contributed by atoms with Crippen LogP contribution in [0.15, 0.2) is 66.7 Å². The average Bonchev–Trinajstić information content (AvgIpc) is 2.75. The maximum Gasteiger partial charge on any atom is 0.335 e. The number of rotatable bonds is 7. The predicted molar refractivity (Wildman–Crippen MR) is 120 cm³/mol. The van der Waals surface area contributed by atoms with Crippen molar-refractivity contribution in [1.82, 2.24) is 0 Å². The Balaban J connectivity index is 1.71. The monoisotopic (exact) mass is 453 g/mol. The van der Waals surface area contributed by atoms with Gasteiger partial charge in [0.05, 0.1) is 11.3 Å². The van der Waals surface area contributed by atoms with Crippen molar-refractivity contribution in [3.05, 3.63) is 88.4 Å². The van der Waals surface area contributed by atoms with Crippen molar-refractivity contribution >= 4 is 34.9 Å². The first kappa shape index (κ1) is 22.8. The van der Waals surface area contributed by atoms with Crippen molar-refractivity contribution in [1.29, 1.82) is 0 Å². The van der Waals surface area contributed by atoms with Gasteiger partial charge in [0.25, 0.3) is 5.91 Å². The molecule has 3 aromatic rings. The van der Waals surface area contributed by atoms with Gasteiger partial charge in [0, 0.05) is 16.1 Å². The van der Waals surface area contributed by atoms with Gasteiger partial charge in [-0.2, -0.15) is 0 Å². The van der Waals surface area contributed by atoms with Gasteiger partial charge in [-0.25, -0.2) is 4.79 Å². The molecule has 0 saturated carbocycles. The van der Waals surface area contributed by atoms with Gasteiger partial charge < -0.3 is 20.3 Å². The van der Waals surface area contributed by atoms with E-state index < -0.39 is 17.5 Å². The number of amides is 1. The summed E-state index contributed by atoms with van der Waals surface area (Å²) in [5.41, 5.74) is -0.565. The highest BCUT2D eigenvalue weighted by molar-refractivity contribution is 6.30. The number of anilines is 1. The Morgan fingerprint density at radius 1 is 0.875 bits per heavy atom. The van der Waals surface area contributed by atoms with Crippen LogP contribution < -0.4 is 10.1 Å². The standard InChI is InChI=1S/C24H20ClNO6/c1-24(2,23(31)26-19-13-16(22(29)30)7-12-20(19)27)32-18-10-5-15(6-11-18)21(28)14-3-8-17(25)9-4-14/h3-13,27H,1-2H3,(H,26,31)(H,29,30). The first-order valence-electron chi connectivity index (χ1n) is 9.54. The fourth-order valence-corrected chi connectivity index (χ4v) is 2.95. The van der Waals surface area contributed by atoms with Crippen LogP contribution >= 0.6 is 11.6 Å². The van der Waals surface area contributed by atoms with Gasteiger partial charge in [-0.15, -0.1) is 0 Å². The molecule has 0 atom stereocenters. The van der Waals surface area contributed by atoms with Crippen LogP contribution in [0.5, 0.6) is 11.5 Å². The summed E-state index contributed by atoms with van der Waals surface area (Å²) in [6.45, 7) is 3.04. The minimum atomic E-state index is -1.37. The van der Waals surface area contributed by atoms with Crippen LogP contribution in [0, 0.1) is 0 Å². The molecule has 0 fully saturated rings. The Hall–Kier alpha value is -3.84. The van der Waals surface area contributed by atoms with Crippen molar-refractivity contribution in [3.8, 4) is 11.5 Å². The second kappa shape index (κ2) is 9.11. The number of halogens is 1. The first-order valence-corrected chi connectivity index (χ1v) is 9.92. The van der Waals surface area contributed by atoms with Gasteiger partial charge in [0.2, 0.25) is 0 Å². The zero-order chi connectivity index (χ0) is 23.5. The normalized spacial score (nSPS) is 11.0. The van der Waals surface area contributed by atoms with Crippen LogP contribution in [0.4, 0.5) is 5.69 Å². The lowest BCUT2D eigenvalue weighted by atomic mass is 10.0. The van der Waals surface area contributed by atoms with E-state index in [-0.39, 0.29) is 22.8 Å². The van der Waals surface area contributed by atoms with Crippen LogP contribution in [-0.4, -0.2) is 33.5 Å². The molecule has 3 N–H and O–H groups in total. The van der Waals surface area contributed by atoms with Gasteiger partial charge in [0.15, 0.2) is 11.4 Å². The van der Waals surface area contributed by atoms with Crippen molar-refractivity contribution in [2.24, 2.45) is 0 Å². The van der Waals surface area contributed by atoms with Gasteiger partial charge in [-0.05, 0) is 80.6 Å². The minimum absolute atomic E-state index is 0.0458. The number of benzene rings is 3. The summed E-state index contributed by atoms with van der Waals surface area (Å²) in [5.74, 6) is -1.90. The number of carboxylic acids is 1.